The molecule has 1 heterocycles. The number of fused-ring (bicyclic) bond motifs is 1. The first kappa shape index (κ1) is 14.2. The van der Waals surface area contributed by atoms with Crippen LogP contribution in [0.25, 0.3) is 0 Å². The Hall–Kier alpha value is -1.71. The predicted octanol–water partition coefficient (Wildman–Crippen LogP) is 4.34. The fraction of sp³-hybridized carbons (Fsp3) is 0.294. The van der Waals surface area contributed by atoms with Crippen molar-refractivity contribution in [1.82, 2.24) is 0 Å². The van der Waals surface area contributed by atoms with Crippen LogP contribution in [0.15, 0.2) is 36.4 Å². The number of hydrogen-bond acceptors (Lipinski definition) is 3. The Labute approximate surface area is 129 Å². The summed E-state index contributed by atoms with van der Waals surface area (Å²) in [5.74, 6) is 2.00. The van der Waals surface area contributed by atoms with Crippen LogP contribution in [0.4, 0.5) is 0 Å². The lowest BCUT2D eigenvalue weighted by molar-refractivity contribution is 0.135. The lowest BCUT2D eigenvalue weighted by atomic mass is 10.0. The van der Waals surface area contributed by atoms with Crippen LogP contribution >= 0.6 is 11.6 Å². The zero-order valence-electron chi connectivity index (χ0n) is 12.0. The van der Waals surface area contributed by atoms with Crippen LogP contribution in [0.5, 0.6) is 17.2 Å². The highest BCUT2D eigenvalue weighted by molar-refractivity contribution is 6.32. The van der Waals surface area contributed by atoms with Crippen molar-refractivity contribution in [1.29, 1.82) is 0 Å². The van der Waals surface area contributed by atoms with Crippen LogP contribution in [0, 0.1) is 0 Å². The zero-order valence-corrected chi connectivity index (χ0v) is 12.8. The van der Waals surface area contributed by atoms with Crippen LogP contribution in [0.2, 0.25) is 5.02 Å². The third-order valence-corrected chi connectivity index (χ3v) is 3.75. The van der Waals surface area contributed by atoms with Crippen molar-refractivity contribution in [2.45, 2.75) is 32.5 Å². The summed E-state index contributed by atoms with van der Waals surface area (Å²) in [6.45, 7) is 4.07. The number of para-hydroxylation sites is 1. The topological polar surface area (TPSA) is 38.7 Å². The Morgan fingerprint density at radius 2 is 2.05 bits per heavy atom. The number of hydrogen-bond donors (Lipinski definition) is 1. The highest BCUT2D eigenvalue weighted by Gasteiger charge is 2.32. The molecule has 2 aromatic carbocycles. The predicted molar refractivity (Wildman–Crippen MR) is 82.3 cm³/mol. The van der Waals surface area contributed by atoms with E-state index in [9.17, 15) is 0 Å². The van der Waals surface area contributed by atoms with Gasteiger partial charge in [-0.1, -0.05) is 29.8 Å². The van der Waals surface area contributed by atoms with Gasteiger partial charge in [-0.25, -0.2) is 0 Å². The fourth-order valence-corrected chi connectivity index (χ4v) is 2.75. The van der Waals surface area contributed by atoms with E-state index < -0.39 is 0 Å². The minimum absolute atomic E-state index is 0.0436. The molecule has 21 heavy (non-hydrogen) atoms. The molecule has 1 aliphatic heterocycles. The maximum Gasteiger partial charge on any atom is 0.169 e. The molecule has 0 saturated carbocycles. The first-order valence-corrected chi connectivity index (χ1v) is 7.24. The lowest BCUT2D eigenvalue weighted by Crippen LogP contribution is -2.24. The maximum absolute atomic E-state index is 9.11. The molecule has 1 N–H and O–H groups in total. The molecule has 0 spiro atoms. The number of benzene rings is 2. The Bertz CT molecular complexity index is 680. The molecule has 2 aromatic rings. The number of aliphatic hydroxyl groups is 1. The first-order valence-electron chi connectivity index (χ1n) is 6.86. The molecular weight excluding hydrogens is 288 g/mol. The van der Waals surface area contributed by atoms with Crippen molar-refractivity contribution in [3.8, 4) is 17.2 Å². The van der Waals surface area contributed by atoms with Crippen LogP contribution in [-0.4, -0.2) is 10.7 Å². The summed E-state index contributed by atoms with van der Waals surface area (Å²) in [6, 6.07) is 11.1. The van der Waals surface area contributed by atoms with E-state index >= 15 is 0 Å². The molecule has 0 unspecified atom stereocenters. The largest absolute Gasteiger partial charge is 0.483 e. The molecule has 0 aromatic heterocycles. The summed E-state index contributed by atoms with van der Waals surface area (Å²) in [5.41, 5.74) is 1.68. The summed E-state index contributed by atoms with van der Waals surface area (Å²) >= 11 is 6.19. The lowest BCUT2D eigenvalue weighted by Gasteiger charge is -2.18. The van der Waals surface area contributed by atoms with E-state index in [2.05, 4.69) is 13.8 Å². The fourth-order valence-electron chi connectivity index (χ4n) is 2.51. The van der Waals surface area contributed by atoms with Gasteiger partial charge in [-0.15, -0.1) is 0 Å². The van der Waals surface area contributed by atoms with Gasteiger partial charge in [0.2, 0.25) is 0 Å². The minimum atomic E-state index is -0.216. The highest BCUT2D eigenvalue weighted by atomic mass is 35.5. The van der Waals surface area contributed by atoms with Crippen molar-refractivity contribution in [3.63, 3.8) is 0 Å². The average molecular weight is 305 g/mol. The number of ether oxygens (including phenoxy) is 2. The monoisotopic (exact) mass is 304 g/mol. The standard InChI is InChI=1S/C17H17ClO3/c1-17(2)9-12-4-3-5-15(16(12)21-17)20-14-7-6-11(10-19)8-13(14)18/h3-8,19H,9-10H2,1-2H3. The van der Waals surface area contributed by atoms with E-state index in [0.29, 0.717) is 16.5 Å². The van der Waals surface area contributed by atoms with Gasteiger partial charge in [0.15, 0.2) is 11.5 Å². The summed E-state index contributed by atoms with van der Waals surface area (Å²) < 4.78 is 11.9. The second-order valence-electron chi connectivity index (χ2n) is 5.81. The van der Waals surface area contributed by atoms with Crippen LogP contribution in [0.1, 0.15) is 25.0 Å². The molecule has 1 aliphatic rings. The molecule has 4 heteroatoms. The molecule has 0 bridgehead atoms. The smallest absolute Gasteiger partial charge is 0.169 e. The maximum atomic E-state index is 9.11. The van der Waals surface area contributed by atoms with Crippen LogP contribution in [-0.2, 0) is 13.0 Å². The van der Waals surface area contributed by atoms with Gasteiger partial charge >= 0.3 is 0 Å². The van der Waals surface area contributed by atoms with Gasteiger partial charge in [0.1, 0.15) is 11.4 Å². The van der Waals surface area contributed by atoms with Crippen molar-refractivity contribution in [2.75, 3.05) is 0 Å². The Kier molecular flexibility index (Phi) is 3.56. The molecule has 0 saturated heterocycles. The van der Waals surface area contributed by atoms with Gasteiger partial charge in [0, 0.05) is 12.0 Å². The van der Waals surface area contributed by atoms with Crippen LogP contribution in [0.3, 0.4) is 0 Å². The highest BCUT2D eigenvalue weighted by Crippen LogP contribution is 2.44. The van der Waals surface area contributed by atoms with Gasteiger partial charge < -0.3 is 14.6 Å². The Balaban J connectivity index is 1.92. The molecule has 110 valence electrons. The molecule has 0 atom stereocenters. The summed E-state index contributed by atoms with van der Waals surface area (Å²) in [4.78, 5) is 0. The van der Waals surface area contributed by atoms with E-state index in [0.717, 1.165) is 23.3 Å². The van der Waals surface area contributed by atoms with Gasteiger partial charge in [0.25, 0.3) is 0 Å². The Morgan fingerprint density at radius 1 is 1.24 bits per heavy atom. The molecule has 0 fully saturated rings. The number of halogens is 1. The number of rotatable bonds is 3. The van der Waals surface area contributed by atoms with Crippen molar-refractivity contribution >= 4 is 11.6 Å². The van der Waals surface area contributed by atoms with E-state index in [1.807, 2.05) is 18.2 Å². The number of aliphatic hydroxyl groups excluding tert-OH is 1. The van der Waals surface area contributed by atoms with Crippen LogP contribution < -0.4 is 9.47 Å². The summed E-state index contributed by atoms with van der Waals surface area (Å²) in [6.07, 6.45) is 0.858. The van der Waals surface area contributed by atoms with Gasteiger partial charge in [-0.2, -0.15) is 0 Å². The van der Waals surface area contributed by atoms with Crippen molar-refractivity contribution in [3.05, 3.63) is 52.5 Å². The zero-order chi connectivity index (χ0) is 15.0. The third kappa shape index (κ3) is 2.85. The molecule has 3 rings (SSSR count). The van der Waals surface area contributed by atoms with E-state index in [-0.39, 0.29) is 12.2 Å². The molecule has 0 radical (unpaired) electrons. The Morgan fingerprint density at radius 3 is 2.76 bits per heavy atom. The van der Waals surface area contributed by atoms with E-state index in [1.165, 1.54) is 0 Å². The average Bonchev–Trinajstić information content (AvgIpc) is 2.76. The van der Waals surface area contributed by atoms with E-state index in [1.54, 1.807) is 18.2 Å². The molecule has 0 aliphatic carbocycles. The third-order valence-electron chi connectivity index (χ3n) is 3.45. The van der Waals surface area contributed by atoms with E-state index in [4.69, 9.17) is 26.2 Å². The second kappa shape index (κ2) is 5.24. The SMILES string of the molecule is CC1(C)Cc2cccc(Oc3ccc(CO)cc3Cl)c2O1. The normalized spacial score (nSPS) is 15.4. The quantitative estimate of drug-likeness (QED) is 0.917. The van der Waals surface area contributed by atoms with Gasteiger partial charge in [0.05, 0.1) is 11.6 Å². The van der Waals surface area contributed by atoms with Gasteiger partial charge in [-0.05, 0) is 37.6 Å². The minimum Gasteiger partial charge on any atom is -0.483 e. The molecular formula is C17H17ClO3. The first-order chi connectivity index (χ1) is 9.98. The molecule has 3 nitrogen and oxygen atoms in total. The van der Waals surface area contributed by atoms with Crippen molar-refractivity contribution in [2.24, 2.45) is 0 Å². The summed E-state index contributed by atoms with van der Waals surface area (Å²) in [5, 5.41) is 9.58. The van der Waals surface area contributed by atoms with Gasteiger partial charge in [-0.3, -0.25) is 0 Å². The van der Waals surface area contributed by atoms with Crippen molar-refractivity contribution < 1.29 is 14.6 Å². The second-order valence-corrected chi connectivity index (χ2v) is 6.22. The molecule has 0 amide bonds. The summed E-state index contributed by atoms with van der Waals surface area (Å²) in [7, 11) is 0.